The number of benzene rings is 2. The maximum absolute atomic E-state index is 13.4. The van der Waals surface area contributed by atoms with E-state index in [2.05, 4.69) is 10.6 Å². The zero-order valence-electron chi connectivity index (χ0n) is 11.8. The van der Waals surface area contributed by atoms with Crippen LogP contribution in [0.15, 0.2) is 42.5 Å². The van der Waals surface area contributed by atoms with E-state index < -0.39 is 35.6 Å². The highest BCUT2D eigenvalue weighted by atomic mass is 19.1. The van der Waals surface area contributed by atoms with Crippen LogP contribution in [0.4, 0.5) is 20.2 Å². The first-order valence-electron chi connectivity index (χ1n) is 6.56. The molecule has 4 nitrogen and oxygen atoms in total. The van der Waals surface area contributed by atoms with Gasteiger partial charge in [-0.15, -0.1) is 0 Å². The second-order valence-corrected chi connectivity index (χ2v) is 4.68. The van der Waals surface area contributed by atoms with Crippen LogP contribution in [0.1, 0.15) is 12.0 Å². The van der Waals surface area contributed by atoms with Crippen molar-refractivity contribution < 1.29 is 18.4 Å². The molecule has 2 amide bonds. The van der Waals surface area contributed by atoms with Gasteiger partial charge in [-0.1, -0.05) is 24.3 Å². The number of amides is 2. The summed E-state index contributed by atoms with van der Waals surface area (Å²) in [5.74, 6) is -3.15. The van der Waals surface area contributed by atoms with Crippen LogP contribution >= 0.6 is 0 Å². The lowest BCUT2D eigenvalue weighted by molar-refractivity contribution is -0.123. The summed E-state index contributed by atoms with van der Waals surface area (Å²) in [6, 6.07) is 10.3. The van der Waals surface area contributed by atoms with Crippen LogP contribution in [0.25, 0.3) is 0 Å². The van der Waals surface area contributed by atoms with E-state index in [0.29, 0.717) is 5.69 Å². The predicted molar refractivity (Wildman–Crippen MR) is 79.4 cm³/mol. The fourth-order valence-corrected chi connectivity index (χ4v) is 1.85. The van der Waals surface area contributed by atoms with Gasteiger partial charge in [0.25, 0.3) is 0 Å². The van der Waals surface area contributed by atoms with Gasteiger partial charge in [-0.3, -0.25) is 9.59 Å². The Morgan fingerprint density at radius 1 is 0.909 bits per heavy atom. The molecule has 2 aromatic carbocycles. The molecular weight excluding hydrogens is 290 g/mol. The maximum Gasteiger partial charge on any atom is 0.233 e. The molecule has 2 aromatic rings. The van der Waals surface area contributed by atoms with E-state index in [9.17, 15) is 18.4 Å². The summed E-state index contributed by atoms with van der Waals surface area (Å²) in [6.45, 7) is 1.81. The zero-order chi connectivity index (χ0) is 16.1. The average Bonchev–Trinajstić information content (AvgIpc) is 2.45. The Morgan fingerprint density at radius 3 is 2.14 bits per heavy atom. The van der Waals surface area contributed by atoms with E-state index in [1.807, 2.05) is 19.1 Å². The van der Waals surface area contributed by atoms with Gasteiger partial charge in [0.1, 0.15) is 23.7 Å². The Labute approximate surface area is 126 Å². The van der Waals surface area contributed by atoms with Gasteiger partial charge in [0.2, 0.25) is 11.8 Å². The first-order chi connectivity index (χ1) is 10.5. The molecule has 0 aliphatic carbocycles. The van der Waals surface area contributed by atoms with Crippen molar-refractivity contribution in [1.29, 1.82) is 0 Å². The van der Waals surface area contributed by atoms with Crippen molar-refractivity contribution in [1.82, 2.24) is 0 Å². The van der Waals surface area contributed by atoms with Gasteiger partial charge in [0.15, 0.2) is 0 Å². The van der Waals surface area contributed by atoms with E-state index in [0.717, 1.165) is 17.7 Å². The summed E-state index contributed by atoms with van der Waals surface area (Å²) in [5.41, 5.74) is 0.866. The van der Waals surface area contributed by atoms with Crippen molar-refractivity contribution in [2.24, 2.45) is 0 Å². The standard InChI is InChI=1S/C16H14F2N2O2/c1-10-5-2-3-8-13(10)19-14(21)9-15(22)20-16-11(17)6-4-7-12(16)18/h2-8H,9H2,1H3,(H,19,21)(H,20,22). The normalized spacial score (nSPS) is 10.1. The molecule has 0 atom stereocenters. The molecule has 22 heavy (non-hydrogen) atoms. The van der Waals surface area contributed by atoms with Crippen molar-refractivity contribution in [3.63, 3.8) is 0 Å². The first kappa shape index (κ1) is 15.6. The van der Waals surface area contributed by atoms with Crippen LogP contribution < -0.4 is 10.6 Å². The van der Waals surface area contributed by atoms with Gasteiger partial charge in [0.05, 0.1) is 0 Å². The minimum absolute atomic E-state index is 0.540. The topological polar surface area (TPSA) is 58.2 Å². The lowest BCUT2D eigenvalue weighted by Gasteiger charge is -2.09. The predicted octanol–water partition coefficient (Wildman–Crippen LogP) is 3.24. The molecular formula is C16H14F2N2O2. The largest absolute Gasteiger partial charge is 0.325 e. The van der Waals surface area contributed by atoms with Crippen molar-refractivity contribution in [3.8, 4) is 0 Å². The maximum atomic E-state index is 13.4. The van der Waals surface area contributed by atoms with Crippen LogP contribution in [0.3, 0.4) is 0 Å². The van der Waals surface area contributed by atoms with Gasteiger partial charge in [-0.2, -0.15) is 0 Å². The molecule has 0 saturated carbocycles. The molecule has 0 heterocycles. The monoisotopic (exact) mass is 304 g/mol. The fraction of sp³-hybridized carbons (Fsp3) is 0.125. The van der Waals surface area contributed by atoms with Crippen LogP contribution in [0, 0.1) is 18.6 Å². The molecule has 0 radical (unpaired) electrons. The second-order valence-electron chi connectivity index (χ2n) is 4.68. The number of para-hydroxylation sites is 2. The van der Waals surface area contributed by atoms with Crippen LogP contribution in [-0.4, -0.2) is 11.8 Å². The van der Waals surface area contributed by atoms with Crippen LogP contribution in [-0.2, 0) is 9.59 Å². The van der Waals surface area contributed by atoms with E-state index in [1.54, 1.807) is 12.1 Å². The number of rotatable bonds is 4. The summed E-state index contributed by atoms with van der Waals surface area (Å²) in [7, 11) is 0. The molecule has 2 rings (SSSR count). The van der Waals surface area contributed by atoms with Crippen molar-refractivity contribution in [3.05, 3.63) is 59.7 Å². The van der Waals surface area contributed by atoms with E-state index in [-0.39, 0.29) is 0 Å². The minimum Gasteiger partial charge on any atom is -0.325 e. The number of carbonyl (C=O) groups excluding carboxylic acids is 2. The van der Waals surface area contributed by atoms with Gasteiger partial charge in [-0.05, 0) is 30.7 Å². The molecule has 0 saturated heterocycles. The van der Waals surface area contributed by atoms with Gasteiger partial charge in [-0.25, -0.2) is 8.78 Å². The van der Waals surface area contributed by atoms with Crippen molar-refractivity contribution >= 4 is 23.2 Å². The molecule has 114 valence electrons. The second kappa shape index (κ2) is 6.80. The van der Waals surface area contributed by atoms with Crippen LogP contribution in [0.2, 0.25) is 0 Å². The zero-order valence-corrected chi connectivity index (χ0v) is 11.8. The molecule has 0 fully saturated rings. The Hall–Kier alpha value is -2.76. The number of carbonyl (C=O) groups is 2. The third kappa shape index (κ3) is 3.88. The van der Waals surface area contributed by atoms with E-state index in [1.165, 1.54) is 6.07 Å². The SMILES string of the molecule is Cc1ccccc1NC(=O)CC(=O)Nc1c(F)cccc1F. The van der Waals surface area contributed by atoms with Gasteiger partial charge >= 0.3 is 0 Å². The first-order valence-corrected chi connectivity index (χ1v) is 6.56. The number of hydrogen-bond donors (Lipinski definition) is 2. The highest BCUT2D eigenvalue weighted by Gasteiger charge is 2.15. The minimum atomic E-state index is -0.896. The number of aryl methyl sites for hydroxylation is 1. The molecule has 0 aliphatic rings. The molecule has 0 aromatic heterocycles. The Bertz CT molecular complexity index is 697. The smallest absolute Gasteiger partial charge is 0.233 e. The highest BCUT2D eigenvalue weighted by molar-refractivity contribution is 6.08. The Balaban J connectivity index is 1.98. The van der Waals surface area contributed by atoms with Crippen molar-refractivity contribution in [2.75, 3.05) is 10.6 Å². The Morgan fingerprint density at radius 2 is 1.50 bits per heavy atom. The number of hydrogen-bond acceptors (Lipinski definition) is 2. The molecule has 0 unspecified atom stereocenters. The fourth-order valence-electron chi connectivity index (χ4n) is 1.85. The number of anilines is 2. The van der Waals surface area contributed by atoms with Gasteiger partial charge < -0.3 is 10.6 Å². The van der Waals surface area contributed by atoms with Gasteiger partial charge in [0, 0.05) is 5.69 Å². The molecule has 2 N–H and O–H groups in total. The number of nitrogens with one attached hydrogen (secondary N) is 2. The summed E-state index contributed by atoms with van der Waals surface area (Å²) in [6.07, 6.45) is -0.540. The summed E-state index contributed by atoms with van der Waals surface area (Å²) >= 11 is 0. The third-order valence-electron chi connectivity index (χ3n) is 2.97. The summed E-state index contributed by atoms with van der Waals surface area (Å²) in [4.78, 5) is 23.5. The summed E-state index contributed by atoms with van der Waals surface area (Å²) in [5, 5.41) is 4.63. The summed E-state index contributed by atoms with van der Waals surface area (Å²) < 4.78 is 26.8. The molecule has 0 aliphatic heterocycles. The Kier molecular flexibility index (Phi) is 4.83. The average molecular weight is 304 g/mol. The highest BCUT2D eigenvalue weighted by Crippen LogP contribution is 2.18. The molecule has 6 heteroatoms. The lowest BCUT2D eigenvalue weighted by atomic mass is 10.2. The third-order valence-corrected chi connectivity index (χ3v) is 2.97. The molecule has 0 bridgehead atoms. The van der Waals surface area contributed by atoms with Crippen molar-refractivity contribution in [2.45, 2.75) is 13.3 Å². The van der Waals surface area contributed by atoms with E-state index >= 15 is 0 Å². The quantitative estimate of drug-likeness (QED) is 0.852. The molecule has 0 spiro atoms. The van der Waals surface area contributed by atoms with E-state index in [4.69, 9.17) is 0 Å². The van der Waals surface area contributed by atoms with Crippen LogP contribution in [0.5, 0.6) is 0 Å². The lowest BCUT2D eigenvalue weighted by Crippen LogP contribution is -2.22. The number of halogens is 2.